The third-order valence-electron chi connectivity index (χ3n) is 4.86. The van der Waals surface area contributed by atoms with Gasteiger partial charge in [0.2, 0.25) is 17.6 Å². The van der Waals surface area contributed by atoms with Crippen LogP contribution in [-0.2, 0) is 25.5 Å². The summed E-state index contributed by atoms with van der Waals surface area (Å²) < 4.78 is 5.13. The average Bonchev–Trinajstić information content (AvgIpc) is 2.98. The predicted octanol–water partition coefficient (Wildman–Crippen LogP) is -3.99. The van der Waals surface area contributed by atoms with Crippen molar-refractivity contribution in [2.45, 2.75) is 36.6 Å². The highest BCUT2D eigenvalue weighted by Gasteiger charge is 2.53. The molecule has 5 atom stereocenters. The van der Waals surface area contributed by atoms with Crippen molar-refractivity contribution in [3.8, 4) is 5.75 Å². The first-order valence-electron chi connectivity index (χ1n) is 9.70. The molecule has 1 aromatic carbocycles. The van der Waals surface area contributed by atoms with Crippen LogP contribution in [0.4, 0.5) is 0 Å². The molecule has 2 amide bonds. The smallest absolute Gasteiger partial charge is 0.322 e. The molecule has 0 radical (unpaired) electrons. The monoisotopic (exact) mass is 457 g/mol. The lowest BCUT2D eigenvalue weighted by molar-refractivity contribution is -0.227. The van der Waals surface area contributed by atoms with Crippen molar-refractivity contribution in [1.29, 1.82) is 0 Å². The lowest BCUT2D eigenvalue weighted by Gasteiger charge is -2.29. The number of carboxylic acids is 1. The summed E-state index contributed by atoms with van der Waals surface area (Å²) in [6, 6.07) is 4.86. The van der Waals surface area contributed by atoms with Crippen LogP contribution in [0, 0.1) is 0 Å². The Morgan fingerprint density at radius 1 is 1.09 bits per heavy atom. The lowest BCUT2D eigenvalue weighted by Crippen LogP contribution is -2.56. The number of hydrogen-bond donors (Lipinski definition) is 9. The van der Waals surface area contributed by atoms with Gasteiger partial charge in [-0.25, -0.2) is 0 Å². The number of carbonyl (C=O) groups is 3. The van der Waals surface area contributed by atoms with Gasteiger partial charge in [0.05, 0.1) is 25.7 Å². The quantitative estimate of drug-likeness (QED) is 0.156. The third kappa shape index (κ3) is 6.85. The Morgan fingerprint density at radius 3 is 2.31 bits per heavy atom. The number of rotatable bonds is 11. The molecule has 1 aromatic rings. The molecule has 0 unspecified atom stereocenters. The molecule has 32 heavy (non-hydrogen) atoms. The molecule has 1 aliphatic rings. The van der Waals surface area contributed by atoms with Gasteiger partial charge in [-0.15, -0.1) is 0 Å². The molecule has 0 aliphatic carbocycles. The van der Waals surface area contributed by atoms with Crippen LogP contribution in [0.25, 0.3) is 0 Å². The van der Waals surface area contributed by atoms with E-state index in [4.69, 9.17) is 9.84 Å². The molecule has 13 heteroatoms. The number of hydrogen-bond acceptors (Lipinski definition) is 10. The maximum atomic E-state index is 12.6. The first-order chi connectivity index (χ1) is 15.1. The van der Waals surface area contributed by atoms with Crippen LogP contribution in [0.15, 0.2) is 24.3 Å². The number of carboxylic acid groups (broad SMARTS) is 1. The lowest BCUT2D eigenvalue weighted by atomic mass is 10.0. The zero-order valence-electron chi connectivity index (χ0n) is 17.0. The van der Waals surface area contributed by atoms with E-state index < -0.39 is 74.2 Å². The average molecular weight is 457 g/mol. The fourth-order valence-electron chi connectivity index (χ4n) is 3.09. The topological polar surface area (TPSA) is 218 Å². The molecule has 1 heterocycles. The van der Waals surface area contributed by atoms with Gasteiger partial charge >= 0.3 is 5.97 Å². The number of aromatic hydroxyl groups is 1. The Morgan fingerprint density at radius 2 is 1.75 bits per heavy atom. The van der Waals surface area contributed by atoms with Crippen LogP contribution in [0.3, 0.4) is 0 Å². The summed E-state index contributed by atoms with van der Waals surface area (Å²) in [6.07, 6.45) is -4.49. The normalized spacial score (nSPS) is 25.8. The number of aliphatic hydroxyl groups excluding tert-OH is 3. The van der Waals surface area contributed by atoms with Crippen LogP contribution in [0.5, 0.6) is 5.75 Å². The molecule has 0 bridgehead atoms. The molecule has 9 N–H and O–H groups in total. The number of aliphatic carboxylic acids is 1. The molecular weight excluding hydrogens is 430 g/mol. The van der Waals surface area contributed by atoms with Gasteiger partial charge in [-0.1, -0.05) is 12.1 Å². The van der Waals surface area contributed by atoms with E-state index in [9.17, 15) is 39.9 Å². The predicted molar refractivity (Wildman–Crippen MR) is 106 cm³/mol. The van der Waals surface area contributed by atoms with Crippen LogP contribution in [0.2, 0.25) is 0 Å². The first-order valence-corrected chi connectivity index (χ1v) is 9.70. The minimum absolute atomic E-state index is 0.0126. The molecule has 13 nitrogen and oxygen atoms in total. The molecule has 1 aliphatic heterocycles. The number of nitrogens with one attached hydrogen (secondary N) is 3. The van der Waals surface area contributed by atoms with E-state index >= 15 is 0 Å². The van der Waals surface area contributed by atoms with Gasteiger partial charge < -0.3 is 51.3 Å². The van der Waals surface area contributed by atoms with Crippen molar-refractivity contribution in [2.24, 2.45) is 0 Å². The van der Waals surface area contributed by atoms with Crippen LogP contribution in [-0.4, -0.2) is 105 Å². The van der Waals surface area contributed by atoms with Crippen LogP contribution in [0.1, 0.15) is 5.56 Å². The van der Waals surface area contributed by atoms with Gasteiger partial charge in [0, 0.05) is 0 Å². The highest BCUT2D eigenvalue weighted by atomic mass is 16.7. The summed E-state index contributed by atoms with van der Waals surface area (Å²) in [5.74, 6) is -4.94. The first kappa shape index (κ1) is 25.5. The van der Waals surface area contributed by atoms with Crippen molar-refractivity contribution in [2.75, 3.05) is 26.2 Å². The molecule has 0 spiro atoms. The van der Waals surface area contributed by atoms with Crippen LogP contribution >= 0.6 is 0 Å². The fraction of sp³-hybridized carbons (Fsp3) is 0.526. The number of phenols is 1. The zero-order valence-corrected chi connectivity index (χ0v) is 17.0. The van der Waals surface area contributed by atoms with Gasteiger partial charge in [0.15, 0.2) is 0 Å². The highest BCUT2D eigenvalue weighted by molar-refractivity contribution is 5.88. The van der Waals surface area contributed by atoms with Gasteiger partial charge in [-0.2, -0.15) is 0 Å². The van der Waals surface area contributed by atoms with E-state index in [1.807, 2.05) is 0 Å². The Balaban J connectivity index is 2.05. The number of ether oxygens (including phenoxy) is 1. The summed E-state index contributed by atoms with van der Waals surface area (Å²) in [6.45, 7) is -2.28. The van der Waals surface area contributed by atoms with Gasteiger partial charge in [-0.05, 0) is 24.1 Å². The van der Waals surface area contributed by atoms with Gasteiger partial charge in [0.1, 0.15) is 30.6 Å². The molecule has 1 saturated heterocycles. The second kappa shape index (κ2) is 11.2. The maximum absolute atomic E-state index is 12.6. The van der Waals surface area contributed by atoms with Gasteiger partial charge in [-0.3, -0.25) is 14.4 Å². The van der Waals surface area contributed by atoms with Crippen LogP contribution < -0.4 is 16.0 Å². The van der Waals surface area contributed by atoms with E-state index in [1.54, 1.807) is 12.1 Å². The van der Waals surface area contributed by atoms with E-state index in [0.717, 1.165) is 0 Å². The number of aliphatic hydroxyl groups is 4. The molecule has 2 rings (SSSR count). The summed E-state index contributed by atoms with van der Waals surface area (Å²) in [7, 11) is 0. The number of benzene rings is 1. The van der Waals surface area contributed by atoms with E-state index in [-0.39, 0.29) is 12.2 Å². The van der Waals surface area contributed by atoms with E-state index in [0.29, 0.717) is 5.56 Å². The second-order valence-electron chi connectivity index (χ2n) is 7.31. The molecule has 178 valence electrons. The van der Waals surface area contributed by atoms with Gasteiger partial charge in [0.25, 0.3) is 0 Å². The summed E-state index contributed by atoms with van der Waals surface area (Å²) >= 11 is 0. The van der Waals surface area contributed by atoms with Crippen molar-refractivity contribution in [3.63, 3.8) is 0 Å². The summed E-state index contributed by atoms with van der Waals surface area (Å²) in [5.41, 5.74) is 0.610. The Labute approximate surface area is 182 Å². The Hall–Kier alpha value is -2.81. The van der Waals surface area contributed by atoms with Crippen molar-refractivity contribution >= 4 is 17.8 Å². The highest BCUT2D eigenvalue weighted by Crippen LogP contribution is 2.28. The third-order valence-corrected chi connectivity index (χ3v) is 4.86. The number of carbonyl (C=O) groups excluding carboxylic acids is 2. The molecule has 0 saturated carbocycles. The fourth-order valence-corrected chi connectivity index (χ4v) is 3.09. The zero-order chi connectivity index (χ0) is 23.9. The Bertz CT molecular complexity index is 805. The van der Waals surface area contributed by atoms with E-state index in [2.05, 4.69) is 16.0 Å². The molecule has 0 aromatic heterocycles. The van der Waals surface area contributed by atoms with Crippen molar-refractivity contribution in [1.82, 2.24) is 16.0 Å². The summed E-state index contributed by atoms with van der Waals surface area (Å²) in [5, 5.41) is 64.7. The maximum Gasteiger partial charge on any atom is 0.322 e. The van der Waals surface area contributed by atoms with Crippen molar-refractivity contribution < 1.29 is 49.8 Å². The van der Waals surface area contributed by atoms with Crippen molar-refractivity contribution in [3.05, 3.63) is 29.8 Å². The molecule has 1 fully saturated rings. The number of phenolic OH excluding ortho intramolecular Hbond substituents is 1. The second-order valence-corrected chi connectivity index (χ2v) is 7.31. The number of amides is 2. The largest absolute Gasteiger partial charge is 0.508 e. The minimum Gasteiger partial charge on any atom is -0.508 e. The molecular formula is C19H27N3O10. The summed E-state index contributed by atoms with van der Waals surface area (Å²) in [4.78, 5) is 34.8. The standard InChI is InChI=1S/C19H27N3O10/c23-8-13-16(28)17(29)19(31,32-13)9-22-12(5-10-1-3-11(24)4-2-10)18(30)21-6-14(25)20-7-15(26)27/h1-4,12-13,16-17,22-24,28-29,31H,5-9H2,(H,20,25)(H,21,30)(H,26,27)/t12-,13+,16+,17-,19-/m0/s1. The minimum atomic E-state index is -2.29. The Kier molecular flexibility index (Phi) is 8.89. The van der Waals surface area contributed by atoms with E-state index in [1.165, 1.54) is 12.1 Å². The SMILES string of the molecule is O=C(O)CNC(=O)CNC(=O)[C@H](Cc1ccc(O)cc1)NC[C@]1(O)O[C@H](CO)[C@@H](O)[C@@H]1O.